The van der Waals surface area contributed by atoms with Crippen LogP contribution in [0.4, 0.5) is 0 Å². The fourth-order valence-electron chi connectivity index (χ4n) is 1.44. The minimum atomic E-state index is 0.0423. The SMILES string of the molecule is C=Cc1cccc([C](C)CO)c1OCC. The molecule has 0 saturated heterocycles. The average molecular weight is 205 g/mol. The molecule has 0 aliphatic heterocycles. The zero-order valence-electron chi connectivity index (χ0n) is 9.29. The largest absolute Gasteiger partial charge is 0.493 e. The highest BCUT2D eigenvalue weighted by Gasteiger charge is 2.13. The molecule has 1 rings (SSSR count). The average Bonchev–Trinajstić information content (AvgIpc) is 2.28. The topological polar surface area (TPSA) is 29.5 Å². The van der Waals surface area contributed by atoms with Crippen LogP contribution >= 0.6 is 0 Å². The highest BCUT2D eigenvalue weighted by atomic mass is 16.5. The summed E-state index contributed by atoms with van der Waals surface area (Å²) in [5.74, 6) is 1.71. The van der Waals surface area contributed by atoms with E-state index in [1.54, 1.807) is 6.08 Å². The molecule has 2 heteroatoms. The summed E-state index contributed by atoms with van der Waals surface area (Å²) in [7, 11) is 0. The van der Waals surface area contributed by atoms with Gasteiger partial charge in [-0.05, 0) is 6.92 Å². The molecule has 0 bridgehead atoms. The van der Waals surface area contributed by atoms with Crippen LogP contribution in [0.15, 0.2) is 24.8 Å². The summed E-state index contributed by atoms with van der Waals surface area (Å²) in [4.78, 5) is 0. The predicted molar refractivity (Wildman–Crippen MR) is 62.8 cm³/mol. The number of aliphatic hydroxyl groups excluding tert-OH is 1. The van der Waals surface area contributed by atoms with Crippen LogP contribution < -0.4 is 4.74 Å². The number of ether oxygens (including phenoxy) is 1. The van der Waals surface area contributed by atoms with Gasteiger partial charge in [0, 0.05) is 17.0 Å². The zero-order chi connectivity index (χ0) is 11.3. The molecule has 0 atom stereocenters. The highest BCUT2D eigenvalue weighted by Crippen LogP contribution is 2.30. The molecule has 0 spiro atoms. The number of benzene rings is 1. The first-order chi connectivity index (χ1) is 7.24. The van der Waals surface area contributed by atoms with Crippen molar-refractivity contribution in [2.45, 2.75) is 13.8 Å². The molecule has 1 radical (unpaired) electrons. The number of rotatable bonds is 5. The number of aliphatic hydroxyl groups is 1. The summed E-state index contributed by atoms with van der Waals surface area (Å²) in [5.41, 5.74) is 1.92. The van der Waals surface area contributed by atoms with Crippen LogP contribution in [0.5, 0.6) is 5.75 Å². The van der Waals surface area contributed by atoms with Crippen molar-refractivity contribution in [3.05, 3.63) is 41.8 Å². The minimum absolute atomic E-state index is 0.0423. The minimum Gasteiger partial charge on any atom is -0.493 e. The number of para-hydroxylation sites is 1. The van der Waals surface area contributed by atoms with Crippen molar-refractivity contribution < 1.29 is 9.84 Å². The molecule has 1 N–H and O–H groups in total. The molecule has 15 heavy (non-hydrogen) atoms. The van der Waals surface area contributed by atoms with Gasteiger partial charge in [0.15, 0.2) is 0 Å². The summed E-state index contributed by atoms with van der Waals surface area (Å²) in [6.07, 6.45) is 1.76. The number of hydrogen-bond donors (Lipinski definition) is 1. The van der Waals surface area contributed by atoms with E-state index >= 15 is 0 Å². The Hall–Kier alpha value is -1.28. The third-order valence-electron chi connectivity index (χ3n) is 2.25. The first-order valence-electron chi connectivity index (χ1n) is 5.06. The quantitative estimate of drug-likeness (QED) is 0.800. The monoisotopic (exact) mass is 205 g/mol. The van der Waals surface area contributed by atoms with Gasteiger partial charge >= 0.3 is 0 Å². The van der Waals surface area contributed by atoms with Crippen LogP contribution in [0.3, 0.4) is 0 Å². The van der Waals surface area contributed by atoms with E-state index in [2.05, 4.69) is 6.58 Å². The van der Waals surface area contributed by atoms with Crippen LogP contribution in [0.1, 0.15) is 25.0 Å². The number of hydrogen-bond acceptors (Lipinski definition) is 2. The molecule has 0 heterocycles. The molecule has 0 amide bonds. The molecule has 0 saturated carbocycles. The van der Waals surface area contributed by atoms with Crippen molar-refractivity contribution >= 4 is 6.08 Å². The second kappa shape index (κ2) is 5.56. The molecule has 0 aromatic heterocycles. The molecule has 0 fully saturated rings. The summed E-state index contributed by atoms with van der Waals surface area (Å²) < 4.78 is 5.58. The van der Waals surface area contributed by atoms with Crippen LogP contribution in [-0.2, 0) is 0 Å². The molecule has 2 nitrogen and oxygen atoms in total. The van der Waals surface area contributed by atoms with E-state index in [-0.39, 0.29) is 6.61 Å². The Morgan fingerprint density at radius 1 is 1.53 bits per heavy atom. The van der Waals surface area contributed by atoms with Gasteiger partial charge in [-0.25, -0.2) is 0 Å². The van der Waals surface area contributed by atoms with Crippen molar-refractivity contribution in [1.29, 1.82) is 0 Å². The predicted octanol–water partition coefficient (Wildman–Crippen LogP) is 2.66. The van der Waals surface area contributed by atoms with Crippen molar-refractivity contribution in [3.8, 4) is 5.75 Å². The Morgan fingerprint density at radius 2 is 2.27 bits per heavy atom. The van der Waals surface area contributed by atoms with Gasteiger partial charge in [-0.15, -0.1) is 0 Å². The molecule has 0 unspecified atom stereocenters. The highest BCUT2D eigenvalue weighted by molar-refractivity contribution is 5.61. The van der Waals surface area contributed by atoms with Gasteiger partial charge in [0.25, 0.3) is 0 Å². The Labute approximate surface area is 91.2 Å². The smallest absolute Gasteiger partial charge is 0.130 e. The lowest BCUT2D eigenvalue weighted by atomic mass is 9.98. The maximum absolute atomic E-state index is 9.13. The van der Waals surface area contributed by atoms with Crippen LogP contribution in [0.25, 0.3) is 6.08 Å². The first-order valence-corrected chi connectivity index (χ1v) is 5.06. The third-order valence-corrected chi connectivity index (χ3v) is 2.25. The van der Waals surface area contributed by atoms with E-state index in [0.29, 0.717) is 6.61 Å². The zero-order valence-corrected chi connectivity index (χ0v) is 9.29. The second-order valence-electron chi connectivity index (χ2n) is 3.30. The lowest BCUT2D eigenvalue weighted by molar-refractivity contribution is 0.307. The molecule has 0 aliphatic carbocycles. The van der Waals surface area contributed by atoms with Gasteiger partial charge in [-0.1, -0.05) is 37.8 Å². The second-order valence-corrected chi connectivity index (χ2v) is 3.30. The molecule has 1 aromatic carbocycles. The van der Waals surface area contributed by atoms with E-state index in [9.17, 15) is 0 Å². The van der Waals surface area contributed by atoms with Crippen LogP contribution in [0, 0.1) is 5.92 Å². The summed E-state index contributed by atoms with van der Waals surface area (Å²) in [6, 6.07) is 5.84. The van der Waals surface area contributed by atoms with Crippen LogP contribution in [0.2, 0.25) is 0 Å². The molecule has 0 aliphatic rings. The summed E-state index contributed by atoms with van der Waals surface area (Å²) >= 11 is 0. The Bertz CT molecular complexity index is 331. The maximum atomic E-state index is 9.13. The van der Waals surface area contributed by atoms with Gasteiger partial charge in [0.2, 0.25) is 0 Å². The van der Waals surface area contributed by atoms with Gasteiger partial charge in [0.1, 0.15) is 5.75 Å². The van der Waals surface area contributed by atoms with Gasteiger partial charge in [-0.3, -0.25) is 0 Å². The molecule has 1 aromatic rings. The van der Waals surface area contributed by atoms with Crippen molar-refractivity contribution in [3.63, 3.8) is 0 Å². The summed E-state index contributed by atoms with van der Waals surface area (Å²) in [5, 5.41) is 9.13. The Balaban J connectivity index is 3.18. The maximum Gasteiger partial charge on any atom is 0.130 e. The Morgan fingerprint density at radius 3 is 2.80 bits per heavy atom. The van der Waals surface area contributed by atoms with Crippen molar-refractivity contribution in [1.82, 2.24) is 0 Å². The lowest BCUT2D eigenvalue weighted by Gasteiger charge is -2.16. The van der Waals surface area contributed by atoms with Gasteiger partial charge in [0.05, 0.1) is 13.2 Å². The summed E-state index contributed by atoms with van der Waals surface area (Å²) in [6.45, 7) is 8.23. The van der Waals surface area contributed by atoms with E-state index in [1.807, 2.05) is 32.0 Å². The van der Waals surface area contributed by atoms with Crippen molar-refractivity contribution in [2.75, 3.05) is 13.2 Å². The Kier molecular flexibility index (Phi) is 4.37. The third kappa shape index (κ3) is 2.60. The fourth-order valence-corrected chi connectivity index (χ4v) is 1.44. The normalized spacial score (nSPS) is 10.4. The molecular formula is C13H17O2. The lowest BCUT2D eigenvalue weighted by Crippen LogP contribution is -2.05. The molecular weight excluding hydrogens is 188 g/mol. The van der Waals surface area contributed by atoms with E-state index in [1.165, 1.54) is 0 Å². The van der Waals surface area contributed by atoms with E-state index in [0.717, 1.165) is 22.8 Å². The van der Waals surface area contributed by atoms with Crippen molar-refractivity contribution in [2.24, 2.45) is 0 Å². The van der Waals surface area contributed by atoms with Crippen LogP contribution in [-0.4, -0.2) is 18.3 Å². The van der Waals surface area contributed by atoms with E-state index in [4.69, 9.17) is 9.84 Å². The fraction of sp³-hybridized carbons (Fsp3) is 0.308. The van der Waals surface area contributed by atoms with Gasteiger partial charge < -0.3 is 9.84 Å². The first kappa shape index (κ1) is 11.8. The molecule has 81 valence electrons. The van der Waals surface area contributed by atoms with Gasteiger partial charge in [-0.2, -0.15) is 0 Å². The van der Waals surface area contributed by atoms with E-state index < -0.39 is 0 Å². The standard InChI is InChI=1S/C13H17O2/c1-4-11-7-6-8-12(10(3)9-14)13(11)15-5-2/h4,6-8,14H,1,5,9H2,2-3H3.